The van der Waals surface area contributed by atoms with Gasteiger partial charge in [0.05, 0.1) is 0 Å². The molecule has 15 N–H and O–H groups in total. The van der Waals surface area contributed by atoms with Gasteiger partial charge in [-0.2, -0.15) is 0 Å². The predicted octanol–water partition coefficient (Wildman–Crippen LogP) is -4.76. The Balaban J connectivity index is 7.34. The number of carbonyl (C=O) groups is 3. The van der Waals surface area contributed by atoms with E-state index in [0.29, 0.717) is 0 Å². The van der Waals surface area contributed by atoms with Crippen LogP contribution < -0.4 is 25.2 Å². The topological polar surface area (TPSA) is 287 Å². The van der Waals surface area contributed by atoms with Gasteiger partial charge in [0.25, 0.3) is 0 Å². The zero-order valence-corrected chi connectivity index (χ0v) is 24.5. The van der Waals surface area contributed by atoms with Gasteiger partial charge in [0, 0.05) is 0 Å². The Morgan fingerprint density at radius 1 is 0.667 bits per heavy atom. The van der Waals surface area contributed by atoms with E-state index in [1.165, 1.54) is 0 Å². The molecule has 0 aliphatic rings. The first-order chi connectivity index (χ1) is 15.5. The maximum absolute atomic E-state index is 11.8. The third kappa shape index (κ3) is 9.88. The molecule has 3 atom stereocenters. The van der Waals surface area contributed by atoms with Crippen molar-refractivity contribution in [2.75, 3.05) is 19.8 Å². The molecular weight excluding hydrogens is 985 g/mol. The first-order valence-electron chi connectivity index (χ1n) is 9.09. The van der Waals surface area contributed by atoms with Crippen molar-refractivity contribution in [2.45, 2.75) is 43.8 Å². The quantitative estimate of drug-likeness (QED) is 0.0546. The molecule has 18 heteroatoms. The van der Waals surface area contributed by atoms with Crippen molar-refractivity contribution >= 4 is 17.9 Å². The van der Waals surface area contributed by atoms with Crippen molar-refractivity contribution in [3.63, 3.8) is 0 Å². The average Bonchev–Trinajstić information content (AvgIpc) is 2.74. The summed E-state index contributed by atoms with van der Waals surface area (Å²) in [6.07, 6.45) is -2.09. The number of hydrogen-bond donors (Lipinski definition) is 12. The third-order valence-corrected chi connectivity index (χ3v) is 8.99. The standard InChI is InChI=1S/C15H26N3O9.3Ir.3H2N/c16-8(1-11(22)23)15(9(17)2-12(24)25,10(18)3-13(26)27)4-14(5-19,6-20)7-21;;;;;;/h8-10,16-21H,1-7H2,(H,22,23)(H,24,25)(H,26,27);;;;3*1H2/q-3;3*+2;3*-1. The summed E-state index contributed by atoms with van der Waals surface area (Å²) in [4.78, 5) is 35.4. The molecule has 0 spiro atoms. The summed E-state index contributed by atoms with van der Waals surface area (Å²) in [6, 6.07) is -3.31. The van der Waals surface area contributed by atoms with Crippen LogP contribution in [0.5, 0.6) is 0 Å². The molecule has 0 saturated heterocycles. The minimum absolute atomic E-state index is 0.352. The van der Waals surface area contributed by atoms with E-state index in [-0.39, 0.29) is 6.42 Å². The zero-order chi connectivity index (χ0) is 25.7. The van der Waals surface area contributed by atoms with Crippen LogP contribution in [-0.4, -0.2) is 86.5 Å². The molecule has 33 heavy (non-hydrogen) atoms. The summed E-state index contributed by atoms with van der Waals surface area (Å²) < 4.78 is 26.1. The van der Waals surface area contributed by atoms with Crippen LogP contribution in [0.4, 0.5) is 0 Å². The molecule has 0 aliphatic heterocycles. The summed E-state index contributed by atoms with van der Waals surface area (Å²) in [5.41, 5.74) is -3.22. The first kappa shape index (κ1) is 33.0. The van der Waals surface area contributed by atoms with Crippen molar-refractivity contribution in [1.29, 1.82) is 0 Å². The number of aliphatic carboxylic acids is 3. The molecule has 0 aromatic rings. The van der Waals surface area contributed by atoms with Gasteiger partial charge in [0.1, 0.15) is 0 Å². The molecule has 0 aromatic heterocycles. The van der Waals surface area contributed by atoms with Gasteiger partial charge in [-0.15, -0.1) is 0 Å². The van der Waals surface area contributed by atoms with Gasteiger partial charge in [0.15, 0.2) is 0 Å². The van der Waals surface area contributed by atoms with Crippen LogP contribution in [0.15, 0.2) is 0 Å². The number of carboxylic acids is 3. The molecule has 0 aliphatic carbocycles. The fourth-order valence-corrected chi connectivity index (χ4v) is 7.84. The van der Waals surface area contributed by atoms with Crippen LogP contribution in [0, 0.1) is 10.8 Å². The van der Waals surface area contributed by atoms with E-state index in [9.17, 15) is 45.0 Å². The second-order valence-electron chi connectivity index (χ2n) is 7.29. The van der Waals surface area contributed by atoms with Crippen LogP contribution in [-0.2, 0) is 68.9 Å². The van der Waals surface area contributed by atoms with E-state index >= 15 is 0 Å². The van der Waals surface area contributed by atoms with Crippen LogP contribution in [0.3, 0.4) is 0 Å². The molecule has 203 valence electrons. The molecule has 0 radical (unpaired) electrons. The monoisotopic (exact) mass is 1020 g/mol. The molecule has 0 amide bonds. The number of nitrogens with one attached hydrogen (secondary N) is 3. The SMILES string of the molecule is [NH2][Ir][NH]C(CC(=O)O)C(CC(CO)(CO)CO)(C(CC(=O)O)[NH][Ir][NH2])C(CC(=O)O)[NH][Ir][NH2]. The molecule has 0 bridgehead atoms. The van der Waals surface area contributed by atoms with Crippen molar-refractivity contribution in [2.24, 2.45) is 24.0 Å². The first-order valence-corrected chi connectivity index (χ1v) is 16.8. The Morgan fingerprint density at radius 3 is 1.12 bits per heavy atom. The Morgan fingerprint density at radius 2 is 0.939 bits per heavy atom. The van der Waals surface area contributed by atoms with E-state index in [1.807, 2.05) is 0 Å². The molecule has 0 fully saturated rings. The summed E-state index contributed by atoms with van der Waals surface area (Å²) >= 11 is -4.31. The van der Waals surface area contributed by atoms with Crippen LogP contribution >= 0.6 is 0 Å². The second-order valence-corrected chi connectivity index (χ2v) is 11.4. The minimum atomic E-state index is -1.61. The number of aliphatic hydroxyl groups excluding tert-OH is 3. The third-order valence-electron chi connectivity index (χ3n) is 5.29. The number of rotatable bonds is 20. The van der Waals surface area contributed by atoms with Crippen molar-refractivity contribution < 1.29 is 99.6 Å². The van der Waals surface area contributed by atoms with Gasteiger partial charge in [-0.25, -0.2) is 0 Å². The average molecular weight is 1020 g/mol. The van der Waals surface area contributed by atoms with E-state index in [4.69, 9.17) is 13.2 Å². The molecule has 3 unspecified atom stereocenters. The number of carboxylic acid groups (broad SMARTS) is 3. The van der Waals surface area contributed by atoms with Crippen LogP contribution in [0.2, 0.25) is 0 Å². The number of nitrogens with two attached hydrogens (primary N) is 3. The molecule has 0 saturated carbocycles. The second kappa shape index (κ2) is 16.6. The molecule has 0 aromatic carbocycles. The molecule has 0 rings (SSSR count). The van der Waals surface area contributed by atoms with Crippen molar-refractivity contribution in [3.8, 4) is 0 Å². The van der Waals surface area contributed by atoms with E-state index in [0.717, 1.165) is 0 Å². The fraction of sp³-hybridized carbons (Fsp3) is 0.800. The molecule has 0 heterocycles. The van der Waals surface area contributed by atoms with Gasteiger partial charge >= 0.3 is 217 Å². The Kier molecular flexibility index (Phi) is 16.6. The number of hydrogen-bond acceptors (Lipinski definition) is 12. The van der Waals surface area contributed by atoms with Gasteiger partial charge in [0.2, 0.25) is 0 Å². The van der Waals surface area contributed by atoms with E-state index in [1.54, 1.807) is 0 Å². The van der Waals surface area contributed by atoms with Crippen molar-refractivity contribution in [1.82, 2.24) is 12.0 Å². The van der Waals surface area contributed by atoms with Gasteiger partial charge in [-0.3, -0.25) is 0 Å². The normalized spacial score (nSPS) is 16.9. The van der Waals surface area contributed by atoms with E-state index in [2.05, 4.69) is 12.0 Å². The zero-order valence-electron chi connectivity index (χ0n) is 17.3. The maximum atomic E-state index is 11.8. The fourth-order valence-electron chi connectivity index (χ4n) is 3.73. The van der Waals surface area contributed by atoms with E-state index < -0.39 is 140 Å². The Hall–Kier alpha value is -0.00195. The Bertz CT molecular complexity index is 559. The van der Waals surface area contributed by atoms with Gasteiger partial charge in [-0.1, -0.05) is 0 Å². The molecular formula is C15H32Ir3N6O9. The van der Waals surface area contributed by atoms with Gasteiger partial charge in [-0.05, 0) is 0 Å². The Labute approximate surface area is 216 Å². The van der Waals surface area contributed by atoms with Gasteiger partial charge < -0.3 is 0 Å². The van der Waals surface area contributed by atoms with Crippen LogP contribution in [0.1, 0.15) is 25.7 Å². The summed E-state index contributed by atoms with van der Waals surface area (Å²) in [6.45, 7) is -2.21. The van der Waals surface area contributed by atoms with Crippen molar-refractivity contribution in [3.05, 3.63) is 0 Å². The molecule has 15 nitrogen and oxygen atoms in total. The summed E-state index contributed by atoms with van der Waals surface area (Å²) in [7, 11) is 0. The number of aliphatic hydroxyl groups is 3. The van der Waals surface area contributed by atoms with Crippen LogP contribution in [0.25, 0.3) is 0 Å². The summed E-state index contributed by atoms with van der Waals surface area (Å²) in [5, 5.41) is 58.9. The predicted molar refractivity (Wildman–Crippen MR) is 101 cm³/mol. The summed E-state index contributed by atoms with van der Waals surface area (Å²) in [5.74, 6) is -3.80.